The minimum absolute atomic E-state index is 0.570. The van der Waals surface area contributed by atoms with Gasteiger partial charge in [0.25, 0.3) is 0 Å². The van der Waals surface area contributed by atoms with Crippen LogP contribution in [0.4, 0.5) is 5.13 Å². The quantitative estimate of drug-likeness (QED) is 0.761. The Morgan fingerprint density at radius 1 is 1.12 bits per heavy atom. The van der Waals surface area contributed by atoms with E-state index in [9.17, 15) is 0 Å². The van der Waals surface area contributed by atoms with Gasteiger partial charge in [0.15, 0.2) is 0 Å². The van der Waals surface area contributed by atoms with Gasteiger partial charge in [-0.1, -0.05) is 38.0 Å². The molecule has 2 N–H and O–H groups in total. The lowest BCUT2D eigenvalue weighted by molar-refractivity contribution is 0.256. The van der Waals surface area contributed by atoms with Gasteiger partial charge in [0, 0.05) is 0 Å². The second-order valence-electron chi connectivity index (χ2n) is 4.02. The maximum atomic E-state index is 5.58. The summed E-state index contributed by atoms with van der Waals surface area (Å²) in [5.74, 6) is 0. The second kappa shape index (κ2) is 7.57. The molecule has 1 rings (SSSR count). The van der Waals surface area contributed by atoms with Crippen molar-refractivity contribution in [1.29, 1.82) is 0 Å². The Hall–Kier alpha value is -0.680. The first-order valence-corrected chi connectivity index (χ1v) is 6.88. The fourth-order valence-electron chi connectivity index (χ4n) is 1.56. The topological polar surface area (TPSA) is 55.0 Å². The molecule has 0 aliphatic heterocycles. The van der Waals surface area contributed by atoms with Crippen LogP contribution in [-0.2, 0) is 6.54 Å². The van der Waals surface area contributed by atoms with Crippen LogP contribution < -0.4 is 5.73 Å². The van der Waals surface area contributed by atoms with Crippen LogP contribution in [0.15, 0.2) is 0 Å². The van der Waals surface area contributed by atoms with Crippen LogP contribution in [0.3, 0.4) is 0 Å². The third kappa shape index (κ3) is 4.90. The van der Waals surface area contributed by atoms with E-state index in [4.69, 9.17) is 5.73 Å². The first-order valence-electron chi connectivity index (χ1n) is 6.06. The first-order chi connectivity index (χ1) is 7.76. The van der Waals surface area contributed by atoms with E-state index in [1.807, 2.05) is 0 Å². The fourth-order valence-corrected chi connectivity index (χ4v) is 2.21. The molecule has 0 saturated carbocycles. The van der Waals surface area contributed by atoms with Crippen molar-refractivity contribution in [1.82, 2.24) is 15.1 Å². The molecule has 0 aromatic carbocycles. The Balaban J connectivity index is 2.41. The zero-order chi connectivity index (χ0) is 11.8. The molecule has 0 aliphatic rings. The summed E-state index contributed by atoms with van der Waals surface area (Å²) in [5, 5.41) is 9.53. The summed E-state index contributed by atoms with van der Waals surface area (Å²) in [4.78, 5) is 2.45. The number of nitrogen functional groups attached to an aromatic ring is 1. The van der Waals surface area contributed by atoms with Crippen molar-refractivity contribution in [3.63, 3.8) is 0 Å². The standard InChI is InChI=1S/C11H22N4S/c1-3-5-7-15(8-6-4-2)9-10-13-14-11(12)16-10/h3-9H2,1-2H3,(H2,12,14). The lowest BCUT2D eigenvalue weighted by atomic mass is 10.2. The SMILES string of the molecule is CCCCN(CCCC)Cc1nnc(N)s1. The van der Waals surface area contributed by atoms with Gasteiger partial charge in [0.1, 0.15) is 5.01 Å². The van der Waals surface area contributed by atoms with Gasteiger partial charge >= 0.3 is 0 Å². The fraction of sp³-hybridized carbons (Fsp3) is 0.818. The molecule has 0 fully saturated rings. The van der Waals surface area contributed by atoms with Crippen molar-refractivity contribution < 1.29 is 0 Å². The number of aromatic nitrogens is 2. The highest BCUT2D eigenvalue weighted by Crippen LogP contribution is 2.14. The number of unbranched alkanes of at least 4 members (excludes halogenated alkanes) is 2. The van der Waals surface area contributed by atoms with Crippen molar-refractivity contribution in [3.8, 4) is 0 Å². The van der Waals surface area contributed by atoms with Crippen LogP contribution in [0.2, 0.25) is 0 Å². The molecule has 0 saturated heterocycles. The van der Waals surface area contributed by atoms with Gasteiger partial charge in [-0.15, -0.1) is 10.2 Å². The molecule has 0 radical (unpaired) electrons. The van der Waals surface area contributed by atoms with E-state index in [1.165, 1.54) is 37.0 Å². The lowest BCUT2D eigenvalue weighted by Crippen LogP contribution is -2.25. The predicted octanol–water partition coefficient (Wildman–Crippen LogP) is 2.52. The zero-order valence-corrected chi connectivity index (χ0v) is 11.1. The summed E-state index contributed by atoms with van der Waals surface area (Å²) in [6.07, 6.45) is 4.97. The Morgan fingerprint density at radius 3 is 2.19 bits per heavy atom. The van der Waals surface area contributed by atoms with E-state index in [0.717, 1.165) is 24.6 Å². The number of rotatable bonds is 8. The molecule has 0 amide bonds. The average Bonchev–Trinajstić information content (AvgIpc) is 2.68. The molecular weight excluding hydrogens is 220 g/mol. The molecule has 0 bridgehead atoms. The monoisotopic (exact) mass is 242 g/mol. The van der Waals surface area contributed by atoms with Gasteiger partial charge in [0.2, 0.25) is 5.13 Å². The van der Waals surface area contributed by atoms with Crippen LogP contribution in [0.1, 0.15) is 44.5 Å². The smallest absolute Gasteiger partial charge is 0.203 e. The van der Waals surface area contributed by atoms with Gasteiger partial charge in [-0.25, -0.2) is 0 Å². The maximum Gasteiger partial charge on any atom is 0.203 e. The van der Waals surface area contributed by atoms with Crippen molar-refractivity contribution >= 4 is 16.5 Å². The minimum atomic E-state index is 0.570. The van der Waals surface area contributed by atoms with E-state index in [0.29, 0.717) is 5.13 Å². The molecule has 1 heterocycles. The van der Waals surface area contributed by atoms with Crippen LogP contribution in [0, 0.1) is 0 Å². The highest BCUT2D eigenvalue weighted by Gasteiger charge is 2.08. The summed E-state index contributed by atoms with van der Waals surface area (Å²) < 4.78 is 0. The molecule has 16 heavy (non-hydrogen) atoms. The van der Waals surface area contributed by atoms with E-state index in [-0.39, 0.29) is 0 Å². The Morgan fingerprint density at radius 2 is 1.75 bits per heavy atom. The molecule has 4 nitrogen and oxygen atoms in total. The van der Waals surface area contributed by atoms with Gasteiger partial charge in [0.05, 0.1) is 6.54 Å². The third-order valence-electron chi connectivity index (χ3n) is 2.50. The Labute approximate surface area is 102 Å². The van der Waals surface area contributed by atoms with Crippen molar-refractivity contribution in [2.75, 3.05) is 18.8 Å². The van der Waals surface area contributed by atoms with Crippen LogP contribution in [-0.4, -0.2) is 28.2 Å². The highest BCUT2D eigenvalue weighted by molar-refractivity contribution is 7.15. The number of anilines is 1. The normalized spacial score (nSPS) is 11.2. The summed E-state index contributed by atoms with van der Waals surface area (Å²) in [5.41, 5.74) is 5.58. The van der Waals surface area contributed by atoms with Crippen LogP contribution in [0.5, 0.6) is 0 Å². The summed E-state index contributed by atoms with van der Waals surface area (Å²) >= 11 is 1.50. The van der Waals surface area contributed by atoms with Gasteiger partial charge in [-0.3, -0.25) is 4.90 Å². The number of hydrogen-bond acceptors (Lipinski definition) is 5. The number of nitrogens with two attached hydrogens (primary N) is 1. The Kier molecular flexibility index (Phi) is 6.33. The van der Waals surface area contributed by atoms with Gasteiger partial charge in [-0.2, -0.15) is 0 Å². The van der Waals surface area contributed by atoms with E-state index in [1.54, 1.807) is 0 Å². The first kappa shape index (κ1) is 13.4. The predicted molar refractivity (Wildman–Crippen MR) is 69.4 cm³/mol. The number of nitrogens with zero attached hydrogens (tertiary/aromatic N) is 3. The molecule has 1 aromatic rings. The molecule has 92 valence electrons. The maximum absolute atomic E-state index is 5.58. The zero-order valence-electron chi connectivity index (χ0n) is 10.3. The van der Waals surface area contributed by atoms with Crippen molar-refractivity contribution in [2.24, 2.45) is 0 Å². The largest absolute Gasteiger partial charge is 0.374 e. The van der Waals surface area contributed by atoms with Crippen molar-refractivity contribution in [2.45, 2.75) is 46.1 Å². The minimum Gasteiger partial charge on any atom is -0.374 e. The molecular formula is C11H22N4S. The van der Waals surface area contributed by atoms with Crippen LogP contribution >= 0.6 is 11.3 Å². The lowest BCUT2D eigenvalue weighted by Gasteiger charge is -2.20. The molecule has 0 spiro atoms. The van der Waals surface area contributed by atoms with E-state index < -0.39 is 0 Å². The van der Waals surface area contributed by atoms with E-state index >= 15 is 0 Å². The molecule has 0 unspecified atom stereocenters. The van der Waals surface area contributed by atoms with Crippen LogP contribution in [0.25, 0.3) is 0 Å². The molecule has 1 aromatic heterocycles. The van der Waals surface area contributed by atoms with Gasteiger partial charge in [-0.05, 0) is 25.9 Å². The third-order valence-corrected chi connectivity index (χ3v) is 3.23. The number of hydrogen-bond donors (Lipinski definition) is 1. The summed E-state index contributed by atoms with van der Waals surface area (Å²) in [6.45, 7) is 7.64. The summed E-state index contributed by atoms with van der Waals surface area (Å²) in [6, 6.07) is 0. The molecule has 0 atom stereocenters. The molecule has 5 heteroatoms. The van der Waals surface area contributed by atoms with Crippen molar-refractivity contribution in [3.05, 3.63) is 5.01 Å². The van der Waals surface area contributed by atoms with E-state index in [2.05, 4.69) is 28.9 Å². The highest BCUT2D eigenvalue weighted by atomic mass is 32.1. The second-order valence-corrected chi connectivity index (χ2v) is 5.11. The van der Waals surface area contributed by atoms with Gasteiger partial charge < -0.3 is 5.73 Å². The molecule has 0 aliphatic carbocycles. The Bertz CT molecular complexity index is 279. The summed E-state index contributed by atoms with van der Waals surface area (Å²) in [7, 11) is 0. The average molecular weight is 242 g/mol.